The Morgan fingerprint density at radius 2 is 1.97 bits per heavy atom. The maximum absolute atomic E-state index is 13.0. The minimum absolute atomic E-state index is 0.0114. The molecule has 1 heterocycles. The van der Waals surface area contributed by atoms with Gasteiger partial charge in [0.1, 0.15) is 11.5 Å². The van der Waals surface area contributed by atoms with Gasteiger partial charge < -0.3 is 21.7 Å². The van der Waals surface area contributed by atoms with Gasteiger partial charge in [-0.05, 0) is 55.6 Å². The second-order valence-electron chi connectivity index (χ2n) is 8.49. The summed E-state index contributed by atoms with van der Waals surface area (Å²) >= 11 is 0. The molecule has 0 spiro atoms. The van der Waals surface area contributed by atoms with E-state index < -0.39 is 11.9 Å². The lowest BCUT2D eigenvalue weighted by molar-refractivity contribution is -0.123. The number of benzene rings is 1. The van der Waals surface area contributed by atoms with Gasteiger partial charge in [-0.15, -0.1) is 0 Å². The van der Waals surface area contributed by atoms with Gasteiger partial charge in [-0.2, -0.15) is 0 Å². The fourth-order valence-corrected chi connectivity index (χ4v) is 4.89. The van der Waals surface area contributed by atoms with Crippen molar-refractivity contribution in [3.05, 3.63) is 59.1 Å². The zero-order valence-corrected chi connectivity index (χ0v) is 17.0. The molecule has 7 nitrogen and oxygen atoms in total. The Kier molecular flexibility index (Phi) is 5.61. The maximum Gasteiger partial charge on any atom is 0.323 e. The highest BCUT2D eigenvalue weighted by molar-refractivity contribution is 6.00. The molecule has 1 aromatic carbocycles. The summed E-state index contributed by atoms with van der Waals surface area (Å²) in [6.45, 7) is 3.64. The van der Waals surface area contributed by atoms with Crippen molar-refractivity contribution in [2.45, 2.75) is 56.9 Å². The smallest absolute Gasteiger partial charge is 0.323 e. The van der Waals surface area contributed by atoms with Gasteiger partial charge in [0.25, 0.3) is 5.91 Å². The molecule has 1 saturated carbocycles. The van der Waals surface area contributed by atoms with E-state index in [1.807, 2.05) is 0 Å². The first-order valence-electron chi connectivity index (χ1n) is 10.6. The molecule has 0 bridgehead atoms. The third-order valence-corrected chi connectivity index (χ3v) is 6.49. The van der Waals surface area contributed by atoms with Crippen LogP contribution >= 0.6 is 0 Å². The van der Waals surface area contributed by atoms with Gasteiger partial charge in [0.15, 0.2) is 0 Å². The van der Waals surface area contributed by atoms with Gasteiger partial charge in [-0.3, -0.25) is 9.59 Å². The monoisotopic (exact) mass is 408 g/mol. The van der Waals surface area contributed by atoms with Gasteiger partial charge in [0, 0.05) is 18.4 Å². The van der Waals surface area contributed by atoms with Crippen molar-refractivity contribution in [3.8, 4) is 0 Å². The molecule has 0 radical (unpaired) electrons. The van der Waals surface area contributed by atoms with Crippen molar-refractivity contribution in [1.82, 2.24) is 16.0 Å². The highest BCUT2D eigenvalue weighted by atomic mass is 16.2. The Bertz CT molecular complexity index is 936. The van der Waals surface area contributed by atoms with Gasteiger partial charge in [0.05, 0.1) is 11.4 Å². The van der Waals surface area contributed by atoms with Gasteiger partial charge in [-0.1, -0.05) is 30.8 Å². The number of nitrogens with two attached hydrogens (primary N) is 1. The standard InChI is InChI=1S/C23H28N4O3/c1-13-20(24)21(27-23(30)25-13)22(29)26-17-10-9-16(11-17)19(28)12-15-7-4-6-14-5-2-3-8-18(14)15/h2-3,5,8,15-17H,1,4,6-7,9-12,24H2,(H,26,29)(H2,25,27,30)/t15-,16-,17-/m1/s1. The maximum atomic E-state index is 13.0. The average Bonchev–Trinajstić information content (AvgIpc) is 3.19. The van der Waals surface area contributed by atoms with Crippen LogP contribution in [0.15, 0.2) is 47.9 Å². The lowest BCUT2D eigenvalue weighted by atomic mass is 9.79. The number of amides is 3. The molecule has 7 heteroatoms. The number of hydrogen-bond donors (Lipinski definition) is 4. The van der Waals surface area contributed by atoms with Crippen LogP contribution in [0, 0.1) is 5.92 Å². The van der Waals surface area contributed by atoms with E-state index in [2.05, 4.69) is 46.8 Å². The van der Waals surface area contributed by atoms with E-state index in [0.29, 0.717) is 18.8 Å². The first kappa shape index (κ1) is 20.2. The molecule has 2 aliphatic carbocycles. The molecule has 3 amide bonds. The molecule has 158 valence electrons. The van der Waals surface area contributed by atoms with Crippen LogP contribution < -0.4 is 21.7 Å². The van der Waals surface area contributed by atoms with Crippen molar-refractivity contribution in [2.75, 3.05) is 0 Å². The number of hydrogen-bond acceptors (Lipinski definition) is 4. The number of Topliss-reactive ketones (excluding diaryl/α,β-unsaturated/α-hetero) is 1. The highest BCUT2D eigenvalue weighted by Crippen LogP contribution is 2.36. The number of urea groups is 1. The molecule has 4 rings (SSSR count). The Labute approximate surface area is 176 Å². The van der Waals surface area contributed by atoms with Crippen LogP contribution in [0.1, 0.15) is 55.6 Å². The van der Waals surface area contributed by atoms with Crippen LogP contribution in [-0.4, -0.2) is 23.8 Å². The fourth-order valence-electron chi connectivity index (χ4n) is 4.89. The second kappa shape index (κ2) is 8.34. The van der Waals surface area contributed by atoms with Crippen LogP contribution in [0.25, 0.3) is 0 Å². The second-order valence-corrected chi connectivity index (χ2v) is 8.49. The summed E-state index contributed by atoms with van der Waals surface area (Å²) in [5.74, 6) is 0.115. The summed E-state index contributed by atoms with van der Waals surface area (Å²) in [7, 11) is 0. The highest BCUT2D eigenvalue weighted by Gasteiger charge is 2.34. The predicted molar refractivity (Wildman–Crippen MR) is 113 cm³/mol. The summed E-state index contributed by atoms with van der Waals surface area (Å²) in [4.78, 5) is 37.1. The third-order valence-electron chi connectivity index (χ3n) is 6.49. The molecule has 0 aromatic heterocycles. The third kappa shape index (κ3) is 4.10. The number of aryl methyl sites for hydroxylation is 1. The lowest BCUT2D eigenvalue weighted by Crippen LogP contribution is -2.48. The SMILES string of the molecule is C=C1NC(=O)NC(C(=O)N[C@@H]2CC[C@@H](C(=O)C[C@H]3CCCc4ccccc43)C2)=C1N. The van der Waals surface area contributed by atoms with E-state index in [9.17, 15) is 14.4 Å². The van der Waals surface area contributed by atoms with Crippen molar-refractivity contribution in [3.63, 3.8) is 0 Å². The van der Waals surface area contributed by atoms with Crippen molar-refractivity contribution < 1.29 is 14.4 Å². The number of fused-ring (bicyclic) bond motifs is 1. The van der Waals surface area contributed by atoms with Crippen LogP contribution in [0.2, 0.25) is 0 Å². The zero-order valence-electron chi connectivity index (χ0n) is 17.0. The van der Waals surface area contributed by atoms with Gasteiger partial charge in [0.2, 0.25) is 0 Å². The topological polar surface area (TPSA) is 113 Å². The molecule has 1 aromatic rings. The summed E-state index contributed by atoms with van der Waals surface area (Å²) in [5, 5.41) is 7.77. The van der Waals surface area contributed by atoms with E-state index in [1.54, 1.807) is 0 Å². The molecule has 0 saturated heterocycles. The lowest BCUT2D eigenvalue weighted by Gasteiger charge is -2.26. The molecule has 3 aliphatic rings. The molecule has 0 unspecified atom stereocenters. The largest absolute Gasteiger partial charge is 0.395 e. The van der Waals surface area contributed by atoms with E-state index in [4.69, 9.17) is 5.73 Å². The molecular weight excluding hydrogens is 380 g/mol. The predicted octanol–water partition coefficient (Wildman–Crippen LogP) is 2.35. The quantitative estimate of drug-likeness (QED) is 0.599. The first-order valence-corrected chi connectivity index (χ1v) is 10.6. The number of carbonyl (C=O) groups excluding carboxylic acids is 3. The molecule has 30 heavy (non-hydrogen) atoms. The van der Waals surface area contributed by atoms with E-state index in [1.165, 1.54) is 11.1 Å². The van der Waals surface area contributed by atoms with Crippen LogP contribution in [-0.2, 0) is 16.0 Å². The Hall–Kier alpha value is -3.09. The number of rotatable bonds is 5. The summed E-state index contributed by atoms with van der Waals surface area (Å²) < 4.78 is 0. The van der Waals surface area contributed by atoms with Crippen LogP contribution in [0.4, 0.5) is 4.79 Å². The van der Waals surface area contributed by atoms with Crippen molar-refractivity contribution in [2.24, 2.45) is 11.7 Å². The zero-order chi connectivity index (χ0) is 21.3. The Balaban J connectivity index is 1.34. The molecule has 1 aliphatic heterocycles. The number of carbonyl (C=O) groups is 3. The molecule has 3 atom stereocenters. The molecule has 1 fully saturated rings. The van der Waals surface area contributed by atoms with Crippen LogP contribution in [0.3, 0.4) is 0 Å². The Morgan fingerprint density at radius 1 is 1.17 bits per heavy atom. The number of ketones is 1. The normalized spacial score (nSPS) is 25.9. The van der Waals surface area contributed by atoms with Crippen LogP contribution in [0.5, 0.6) is 0 Å². The molecule has 5 N–H and O–H groups in total. The molecular formula is C23H28N4O3. The summed E-state index contributed by atoms with van der Waals surface area (Å²) in [6.07, 6.45) is 5.98. The fraction of sp³-hybridized carbons (Fsp3) is 0.435. The van der Waals surface area contributed by atoms with E-state index in [0.717, 1.165) is 32.1 Å². The van der Waals surface area contributed by atoms with Gasteiger partial charge in [-0.25, -0.2) is 4.79 Å². The van der Waals surface area contributed by atoms with E-state index in [-0.39, 0.29) is 34.8 Å². The summed E-state index contributed by atoms with van der Waals surface area (Å²) in [5.41, 5.74) is 8.90. The van der Waals surface area contributed by atoms with Gasteiger partial charge >= 0.3 is 6.03 Å². The van der Waals surface area contributed by atoms with Crippen molar-refractivity contribution >= 4 is 17.7 Å². The minimum atomic E-state index is -0.536. The first-order chi connectivity index (χ1) is 14.4. The minimum Gasteiger partial charge on any atom is -0.395 e. The summed E-state index contributed by atoms with van der Waals surface area (Å²) in [6, 6.07) is 7.80. The van der Waals surface area contributed by atoms with Crippen molar-refractivity contribution in [1.29, 1.82) is 0 Å². The average molecular weight is 409 g/mol. The number of nitrogens with one attached hydrogen (secondary N) is 3. The Morgan fingerprint density at radius 3 is 2.80 bits per heavy atom. The van der Waals surface area contributed by atoms with E-state index >= 15 is 0 Å².